The molecule has 0 bridgehead atoms. The first kappa shape index (κ1) is 16.9. The van der Waals surface area contributed by atoms with Gasteiger partial charge in [-0.2, -0.15) is 0 Å². The monoisotopic (exact) mass is 398 g/mol. The normalized spacial score (nSPS) is 20.9. The fraction of sp³-hybridized carbons (Fsp3) is 0.200. The average molecular weight is 399 g/mol. The molecule has 3 amide bonds. The molecule has 0 spiro atoms. The van der Waals surface area contributed by atoms with Crippen molar-refractivity contribution in [1.29, 1.82) is 0 Å². The molecule has 3 aromatic rings. The highest BCUT2D eigenvalue weighted by molar-refractivity contribution is 6.32. The fourth-order valence-corrected chi connectivity index (χ4v) is 3.82. The summed E-state index contributed by atoms with van der Waals surface area (Å²) in [5, 5.41) is 3.98. The molecule has 1 saturated heterocycles. The van der Waals surface area contributed by atoms with Crippen LogP contribution in [0.5, 0.6) is 11.5 Å². The molecular weight excluding hydrogens is 384 g/mol. The third-order valence-electron chi connectivity index (χ3n) is 5.02. The van der Waals surface area contributed by atoms with E-state index in [1.165, 1.54) is 0 Å². The second-order valence-corrected chi connectivity index (χ2v) is 7.31. The zero-order chi connectivity index (χ0) is 19.5. The van der Waals surface area contributed by atoms with Crippen LogP contribution in [0.4, 0.5) is 4.79 Å². The molecule has 3 heterocycles. The number of hydrogen-bond acceptors (Lipinski definition) is 5. The Labute approximate surface area is 164 Å². The van der Waals surface area contributed by atoms with Crippen molar-refractivity contribution in [3.63, 3.8) is 0 Å². The lowest BCUT2D eigenvalue weighted by Crippen LogP contribution is -2.40. The van der Waals surface area contributed by atoms with Crippen molar-refractivity contribution in [3.8, 4) is 11.5 Å². The predicted octanol–water partition coefficient (Wildman–Crippen LogP) is 3.78. The first-order chi connectivity index (χ1) is 13.5. The number of amides is 3. The van der Waals surface area contributed by atoms with Gasteiger partial charge < -0.3 is 19.2 Å². The van der Waals surface area contributed by atoms with Crippen LogP contribution in [0.1, 0.15) is 18.2 Å². The molecule has 8 heteroatoms. The van der Waals surface area contributed by atoms with Crippen LogP contribution in [0.3, 0.4) is 0 Å². The topological polar surface area (TPSA) is 81.0 Å². The number of furan rings is 1. The third kappa shape index (κ3) is 2.43. The molecule has 1 unspecified atom stereocenters. The maximum absolute atomic E-state index is 13.1. The van der Waals surface area contributed by atoms with E-state index >= 15 is 0 Å². The van der Waals surface area contributed by atoms with Gasteiger partial charge >= 0.3 is 6.03 Å². The predicted molar refractivity (Wildman–Crippen MR) is 100 cm³/mol. The molecule has 28 heavy (non-hydrogen) atoms. The van der Waals surface area contributed by atoms with Gasteiger partial charge in [0.05, 0.1) is 11.6 Å². The second kappa shape index (κ2) is 5.90. The highest BCUT2D eigenvalue weighted by Crippen LogP contribution is 2.40. The van der Waals surface area contributed by atoms with Crippen LogP contribution in [0, 0.1) is 0 Å². The molecule has 1 fully saturated rings. The van der Waals surface area contributed by atoms with Gasteiger partial charge in [-0.25, -0.2) is 4.79 Å². The van der Waals surface area contributed by atoms with Crippen molar-refractivity contribution in [2.24, 2.45) is 0 Å². The van der Waals surface area contributed by atoms with Crippen molar-refractivity contribution >= 4 is 34.5 Å². The molecule has 1 aromatic heterocycles. The maximum atomic E-state index is 13.1. The lowest BCUT2D eigenvalue weighted by molar-refractivity contribution is -0.132. The number of imide groups is 1. The molecule has 142 valence electrons. The highest BCUT2D eigenvalue weighted by atomic mass is 35.5. The fourth-order valence-electron chi connectivity index (χ4n) is 3.53. The smallest absolute Gasteiger partial charge is 0.325 e. The number of carbonyl (C=O) groups excluding carboxylic acids is 2. The summed E-state index contributed by atoms with van der Waals surface area (Å²) in [5.41, 5.74) is 0.0318. The van der Waals surface area contributed by atoms with Crippen molar-refractivity contribution in [3.05, 3.63) is 58.8 Å². The molecule has 0 radical (unpaired) electrons. The lowest BCUT2D eigenvalue weighted by atomic mass is 9.98. The number of rotatable bonds is 3. The summed E-state index contributed by atoms with van der Waals surface area (Å²) in [6, 6.07) is 12.1. The molecule has 2 aliphatic rings. The van der Waals surface area contributed by atoms with E-state index in [0.717, 1.165) is 10.3 Å². The Morgan fingerprint density at radius 1 is 1.18 bits per heavy atom. The lowest BCUT2D eigenvalue weighted by Gasteiger charge is -2.19. The van der Waals surface area contributed by atoms with Gasteiger partial charge in [0.15, 0.2) is 17.0 Å². The van der Waals surface area contributed by atoms with E-state index in [0.29, 0.717) is 33.4 Å². The molecule has 7 nitrogen and oxygen atoms in total. The maximum Gasteiger partial charge on any atom is 0.325 e. The van der Waals surface area contributed by atoms with E-state index in [9.17, 15) is 9.59 Å². The van der Waals surface area contributed by atoms with Gasteiger partial charge in [0.2, 0.25) is 6.79 Å². The Morgan fingerprint density at radius 2 is 2.00 bits per heavy atom. The standard InChI is InChI=1S/C20H15ClN2O5/c1-20(16-8-12-4-2-3-5-14(12)28-16)18(24)23(19(25)22-20)9-11-6-13(21)17-15(7-11)26-10-27-17/h2-8H,9-10H2,1H3,(H,22,25). The molecule has 1 N–H and O–H groups in total. The third-order valence-corrected chi connectivity index (χ3v) is 5.30. The quantitative estimate of drug-likeness (QED) is 0.679. The van der Waals surface area contributed by atoms with Gasteiger partial charge in [0, 0.05) is 5.39 Å². The first-order valence-electron chi connectivity index (χ1n) is 8.67. The molecule has 0 aliphatic carbocycles. The van der Waals surface area contributed by atoms with E-state index < -0.39 is 17.5 Å². The van der Waals surface area contributed by atoms with Gasteiger partial charge in [0.1, 0.15) is 11.3 Å². The van der Waals surface area contributed by atoms with E-state index in [1.807, 2.05) is 24.3 Å². The van der Waals surface area contributed by atoms with E-state index in [1.54, 1.807) is 25.1 Å². The minimum atomic E-state index is -1.28. The second-order valence-electron chi connectivity index (χ2n) is 6.91. The van der Waals surface area contributed by atoms with Crippen LogP contribution in [0.15, 0.2) is 46.9 Å². The number of hydrogen-bond donors (Lipinski definition) is 1. The average Bonchev–Trinajstić information content (AvgIpc) is 3.36. The number of carbonyl (C=O) groups is 2. The number of urea groups is 1. The number of para-hydroxylation sites is 1. The molecular formula is C20H15ClN2O5. The molecule has 0 saturated carbocycles. The SMILES string of the molecule is CC1(c2cc3ccccc3o2)NC(=O)N(Cc2cc(Cl)c3c(c2)OCO3)C1=O. The zero-order valence-corrected chi connectivity index (χ0v) is 15.6. The van der Waals surface area contributed by atoms with Crippen LogP contribution in [-0.4, -0.2) is 23.6 Å². The summed E-state index contributed by atoms with van der Waals surface area (Å²) >= 11 is 6.21. The van der Waals surface area contributed by atoms with Crippen molar-refractivity contribution < 1.29 is 23.5 Å². The number of halogens is 1. The number of ether oxygens (including phenoxy) is 2. The minimum absolute atomic E-state index is 0.0524. The first-order valence-corrected chi connectivity index (χ1v) is 9.05. The van der Waals surface area contributed by atoms with E-state index in [2.05, 4.69) is 5.32 Å². The van der Waals surface area contributed by atoms with Crippen molar-refractivity contribution in [2.45, 2.75) is 19.0 Å². The van der Waals surface area contributed by atoms with E-state index in [4.69, 9.17) is 25.5 Å². The van der Waals surface area contributed by atoms with Gasteiger partial charge in [-0.15, -0.1) is 0 Å². The summed E-state index contributed by atoms with van der Waals surface area (Å²) in [5.74, 6) is 0.952. The summed E-state index contributed by atoms with van der Waals surface area (Å²) in [6.45, 7) is 1.78. The Kier molecular flexibility index (Phi) is 3.57. The Balaban J connectivity index is 1.47. The number of fused-ring (bicyclic) bond motifs is 2. The van der Waals surface area contributed by atoms with Gasteiger partial charge in [-0.05, 0) is 36.8 Å². The zero-order valence-electron chi connectivity index (χ0n) is 14.8. The summed E-state index contributed by atoms with van der Waals surface area (Å²) in [6.07, 6.45) is 0. The van der Waals surface area contributed by atoms with Crippen LogP contribution in [-0.2, 0) is 16.9 Å². The molecule has 1 atom stereocenters. The van der Waals surface area contributed by atoms with Gasteiger partial charge in [0.25, 0.3) is 5.91 Å². The Hall–Kier alpha value is -3.19. The molecule has 2 aliphatic heterocycles. The van der Waals surface area contributed by atoms with Crippen LogP contribution >= 0.6 is 11.6 Å². The number of nitrogens with zero attached hydrogens (tertiary/aromatic N) is 1. The van der Waals surface area contributed by atoms with Crippen molar-refractivity contribution in [2.75, 3.05) is 6.79 Å². The van der Waals surface area contributed by atoms with E-state index in [-0.39, 0.29) is 13.3 Å². The van der Waals surface area contributed by atoms with Crippen molar-refractivity contribution in [1.82, 2.24) is 10.2 Å². The molecule has 5 rings (SSSR count). The highest BCUT2D eigenvalue weighted by Gasteiger charge is 2.51. The number of nitrogens with one attached hydrogen (secondary N) is 1. The number of benzene rings is 2. The van der Waals surface area contributed by atoms with Gasteiger partial charge in [-0.3, -0.25) is 9.69 Å². The summed E-state index contributed by atoms with van der Waals surface area (Å²) in [7, 11) is 0. The minimum Gasteiger partial charge on any atom is -0.458 e. The van der Waals surface area contributed by atoms with Gasteiger partial charge in [-0.1, -0.05) is 29.8 Å². The Bertz CT molecular complexity index is 1110. The summed E-state index contributed by atoms with van der Waals surface area (Å²) in [4.78, 5) is 26.8. The largest absolute Gasteiger partial charge is 0.458 e. The Morgan fingerprint density at radius 3 is 2.82 bits per heavy atom. The van der Waals surface area contributed by atoms with Crippen LogP contribution in [0.2, 0.25) is 5.02 Å². The summed E-state index contributed by atoms with van der Waals surface area (Å²) < 4.78 is 16.5. The van der Waals surface area contributed by atoms with Crippen LogP contribution < -0.4 is 14.8 Å². The van der Waals surface area contributed by atoms with Crippen LogP contribution in [0.25, 0.3) is 11.0 Å². The molecule has 2 aromatic carbocycles.